The van der Waals surface area contributed by atoms with Crippen LogP contribution in [-0.2, 0) is 9.63 Å². The monoisotopic (exact) mass is 265 g/mol. The van der Waals surface area contributed by atoms with Crippen LogP contribution < -0.4 is 16.1 Å². The van der Waals surface area contributed by atoms with Crippen LogP contribution in [0.3, 0.4) is 0 Å². The molecule has 19 heavy (non-hydrogen) atoms. The highest BCUT2D eigenvalue weighted by atomic mass is 16.7. The Morgan fingerprint density at radius 3 is 2.37 bits per heavy atom. The van der Waals surface area contributed by atoms with Crippen molar-refractivity contribution in [3.05, 3.63) is 30.3 Å². The highest BCUT2D eigenvalue weighted by molar-refractivity contribution is 5.92. The predicted octanol–water partition coefficient (Wildman–Crippen LogP) is 1.65. The first-order valence-electron chi connectivity index (χ1n) is 5.93. The van der Waals surface area contributed by atoms with Crippen LogP contribution in [0.2, 0.25) is 0 Å². The zero-order chi connectivity index (χ0) is 14.3. The number of carbonyl (C=O) groups is 2. The van der Waals surface area contributed by atoms with Gasteiger partial charge in [0.05, 0.1) is 5.60 Å². The summed E-state index contributed by atoms with van der Waals surface area (Å²) in [5, 5.41) is 5.02. The van der Waals surface area contributed by atoms with E-state index in [1.165, 1.54) is 0 Å². The first-order valence-corrected chi connectivity index (χ1v) is 5.93. The highest BCUT2D eigenvalue weighted by Crippen LogP contribution is 2.04. The van der Waals surface area contributed by atoms with Crippen molar-refractivity contribution in [1.29, 1.82) is 0 Å². The molecule has 1 aromatic carbocycles. The van der Waals surface area contributed by atoms with Crippen LogP contribution in [0.4, 0.5) is 10.5 Å². The van der Waals surface area contributed by atoms with Crippen molar-refractivity contribution in [2.45, 2.75) is 26.4 Å². The minimum Gasteiger partial charge on any atom is -0.329 e. The molecule has 0 aromatic heterocycles. The smallest absolute Gasteiger partial charge is 0.319 e. The van der Waals surface area contributed by atoms with Gasteiger partial charge in [0.15, 0.2) is 0 Å². The van der Waals surface area contributed by atoms with Gasteiger partial charge in [0.25, 0.3) is 5.91 Å². The molecule has 0 aliphatic heterocycles. The zero-order valence-electron chi connectivity index (χ0n) is 11.3. The molecule has 0 aliphatic carbocycles. The number of anilines is 1. The first kappa shape index (κ1) is 15.0. The van der Waals surface area contributed by atoms with Crippen LogP contribution in [0.1, 0.15) is 20.8 Å². The molecule has 0 radical (unpaired) electrons. The van der Waals surface area contributed by atoms with Gasteiger partial charge in [-0.25, -0.2) is 10.3 Å². The van der Waals surface area contributed by atoms with Crippen LogP contribution in [0.25, 0.3) is 0 Å². The molecule has 6 heteroatoms. The van der Waals surface area contributed by atoms with Crippen LogP contribution in [0, 0.1) is 0 Å². The summed E-state index contributed by atoms with van der Waals surface area (Å²) in [6.07, 6.45) is 0. The molecular formula is C13H19N3O3. The van der Waals surface area contributed by atoms with E-state index in [2.05, 4.69) is 16.1 Å². The van der Waals surface area contributed by atoms with Crippen molar-refractivity contribution >= 4 is 17.6 Å². The first-order chi connectivity index (χ1) is 8.87. The number of carbonyl (C=O) groups excluding carboxylic acids is 2. The summed E-state index contributed by atoms with van der Waals surface area (Å²) < 4.78 is 0. The van der Waals surface area contributed by atoms with Crippen LogP contribution in [-0.4, -0.2) is 24.1 Å². The van der Waals surface area contributed by atoms with E-state index >= 15 is 0 Å². The molecular weight excluding hydrogens is 246 g/mol. The van der Waals surface area contributed by atoms with Crippen LogP contribution >= 0.6 is 0 Å². The second-order valence-electron chi connectivity index (χ2n) is 4.91. The molecule has 6 nitrogen and oxygen atoms in total. The summed E-state index contributed by atoms with van der Waals surface area (Å²) in [5.41, 5.74) is 2.45. The number of benzene rings is 1. The van der Waals surface area contributed by atoms with E-state index in [4.69, 9.17) is 4.84 Å². The van der Waals surface area contributed by atoms with Gasteiger partial charge in [0.1, 0.15) is 6.54 Å². The number of para-hydroxylation sites is 1. The number of rotatable bonds is 4. The normalized spacial score (nSPS) is 10.7. The molecule has 0 unspecified atom stereocenters. The van der Waals surface area contributed by atoms with Crippen molar-refractivity contribution < 1.29 is 14.4 Å². The lowest BCUT2D eigenvalue weighted by atomic mass is 10.2. The maximum absolute atomic E-state index is 11.5. The molecule has 3 N–H and O–H groups in total. The highest BCUT2D eigenvalue weighted by Gasteiger charge is 2.13. The molecule has 3 amide bonds. The lowest BCUT2D eigenvalue weighted by molar-refractivity contribution is -0.144. The fourth-order valence-electron chi connectivity index (χ4n) is 1.10. The molecule has 1 aromatic rings. The molecule has 0 saturated carbocycles. The van der Waals surface area contributed by atoms with Gasteiger partial charge >= 0.3 is 6.03 Å². The number of hydroxylamine groups is 1. The predicted molar refractivity (Wildman–Crippen MR) is 72.4 cm³/mol. The van der Waals surface area contributed by atoms with Gasteiger partial charge in [0, 0.05) is 5.69 Å². The largest absolute Gasteiger partial charge is 0.329 e. The molecule has 0 atom stereocenters. The van der Waals surface area contributed by atoms with Gasteiger partial charge in [-0.1, -0.05) is 18.2 Å². The molecule has 0 heterocycles. The van der Waals surface area contributed by atoms with Crippen molar-refractivity contribution in [2.75, 3.05) is 11.9 Å². The van der Waals surface area contributed by atoms with E-state index in [9.17, 15) is 9.59 Å². The number of hydrogen-bond donors (Lipinski definition) is 3. The van der Waals surface area contributed by atoms with E-state index < -0.39 is 17.5 Å². The number of hydrogen-bond acceptors (Lipinski definition) is 3. The quantitative estimate of drug-likeness (QED) is 0.724. The molecule has 104 valence electrons. The summed E-state index contributed by atoms with van der Waals surface area (Å²) in [5.74, 6) is -0.418. The van der Waals surface area contributed by atoms with Gasteiger partial charge in [-0.05, 0) is 32.9 Å². The van der Waals surface area contributed by atoms with Gasteiger partial charge < -0.3 is 10.6 Å². The number of urea groups is 1. The lowest BCUT2D eigenvalue weighted by Gasteiger charge is -2.18. The molecule has 1 rings (SSSR count). The Balaban J connectivity index is 2.25. The van der Waals surface area contributed by atoms with Crippen molar-refractivity contribution in [3.8, 4) is 0 Å². The SMILES string of the molecule is CC(C)(C)ONC(=O)CNC(=O)Nc1ccccc1. The minimum absolute atomic E-state index is 0.158. The van der Waals surface area contributed by atoms with Gasteiger partial charge in [-0.2, -0.15) is 0 Å². The van der Waals surface area contributed by atoms with E-state index in [0.717, 1.165) is 0 Å². The number of nitrogens with one attached hydrogen (secondary N) is 3. The zero-order valence-corrected chi connectivity index (χ0v) is 11.3. The number of amides is 3. The van der Waals surface area contributed by atoms with Crippen molar-refractivity contribution in [3.63, 3.8) is 0 Å². The molecule has 0 saturated heterocycles. The molecule has 0 spiro atoms. The Labute approximate surface area is 112 Å². The second kappa shape index (κ2) is 6.75. The average Bonchev–Trinajstić information content (AvgIpc) is 2.34. The van der Waals surface area contributed by atoms with Crippen molar-refractivity contribution in [1.82, 2.24) is 10.8 Å². The summed E-state index contributed by atoms with van der Waals surface area (Å²) in [4.78, 5) is 27.9. The molecule has 0 aliphatic rings. The third kappa shape index (κ3) is 7.05. The summed E-state index contributed by atoms with van der Waals surface area (Å²) in [6, 6.07) is 8.52. The third-order valence-corrected chi connectivity index (χ3v) is 1.91. The Hall–Kier alpha value is -2.08. The van der Waals surface area contributed by atoms with Gasteiger partial charge in [-0.3, -0.25) is 9.63 Å². The summed E-state index contributed by atoms with van der Waals surface area (Å²) in [6.45, 7) is 5.27. The standard InChI is InChI=1S/C13H19N3O3/c1-13(2,3)19-16-11(17)9-14-12(18)15-10-7-5-4-6-8-10/h4-8H,9H2,1-3H3,(H,16,17)(H2,14,15,18). The lowest BCUT2D eigenvalue weighted by Crippen LogP contribution is -2.41. The van der Waals surface area contributed by atoms with E-state index in [1.54, 1.807) is 24.3 Å². The maximum Gasteiger partial charge on any atom is 0.319 e. The topological polar surface area (TPSA) is 79.5 Å². The fraction of sp³-hybridized carbons (Fsp3) is 0.385. The van der Waals surface area contributed by atoms with E-state index in [0.29, 0.717) is 5.69 Å². The van der Waals surface area contributed by atoms with Crippen LogP contribution in [0.5, 0.6) is 0 Å². The Bertz CT molecular complexity index is 427. The van der Waals surface area contributed by atoms with E-state index in [1.807, 2.05) is 26.8 Å². The Kier molecular flexibility index (Phi) is 5.32. The maximum atomic E-state index is 11.5. The minimum atomic E-state index is -0.470. The summed E-state index contributed by atoms with van der Waals surface area (Å²) >= 11 is 0. The Morgan fingerprint density at radius 2 is 1.79 bits per heavy atom. The third-order valence-electron chi connectivity index (χ3n) is 1.91. The van der Waals surface area contributed by atoms with Gasteiger partial charge in [-0.15, -0.1) is 0 Å². The van der Waals surface area contributed by atoms with E-state index in [-0.39, 0.29) is 6.54 Å². The molecule has 0 bridgehead atoms. The average molecular weight is 265 g/mol. The fourth-order valence-corrected chi connectivity index (χ4v) is 1.10. The van der Waals surface area contributed by atoms with Gasteiger partial charge in [0.2, 0.25) is 0 Å². The Morgan fingerprint density at radius 1 is 1.16 bits per heavy atom. The van der Waals surface area contributed by atoms with Crippen LogP contribution in [0.15, 0.2) is 30.3 Å². The second-order valence-corrected chi connectivity index (χ2v) is 4.91. The summed E-state index contributed by atoms with van der Waals surface area (Å²) in [7, 11) is 0. The van der Waals surface area contributed by atoms with Crippen molar-refractivity contribution in [2.24, 2.45) is 0 Å². The molecule has 0 fully saturated rings.